The first-order chi connectivity index (χ1) is 7.34. The van der Waals surface area contributed by atoms with Crippen LogP contribution in [0.4, 0.5) is 0 Å². The van der Waals surface area contributed by atoms with Gasteiger partial charge in [-0.05, 0) is 40.1 Å². The van der Waals surface area contributed by atoms with Crippen molar-refractivity contribution in [2.75, 3.05) is 0 Å². The molecule has 0 spiro atoms. The van der Waals surface area contributed by atoms with E-state index in [-0.39, 0.29) is 18.3 Å². The SMILES string of the molecule is C=C/C(=C\C)B1OC(C)(C)C(C)(C)O1.CC. The van der Waals surface area contributed by atoms with Crippen molar-refractivity contribution in [2.45, 2.75) is 59.7 Å². The Morgan fingerprint density at radius 3 is 1.69 bits per heavy atom. The molecule has 0 aromatic carbocycles. The van der Waals surface area contributed by atoms with Crippen molar-refractivity contribution in [3.63, 3.8) is 0 Å². The Kier molecular flexibility index (Phi) is 5.50. The molecule has 1 saturated heterocycles. The van der Waals surface area contributed by atoms with E-state index < -0.39 is 0 Å². The molecule has 0 unspecified atom stereocenters. The summed E-state index contributed by atoms with van der Waals surface area (Å²) in [5.41, 5.74) is 0.452. The fourth-order valence-corrected chi connectivity index (χ4v) is 1.33. The van der Waals surface area contributed by atoms with Crippen LogP contribution in [0.1, 0.15) is 48.5 Å². The first-order valence-corrected chi connectivity index (χ1v) is 5.98. The maximum atomic E-state index is 5.85. The zero-order valence-corrected chi connectivity index (χ0v) is 11.8. The van der Waals surface area contributed by atoms with Gasteiger partial charge >= 0.3 is 7.12 Å². The normalized spacial score (nSPS) is 22.4. The highest BCUT2D eigenvalue weighted by Crippen LogP contribution is 2.38. The number of rotatable bonds is 2. The van der Waals surface area contributed by atoms with E-state index in [1.165, 1.54) is 0 Å². The quantitative estimate of drug-likeness (QED) is 0.525. The Labute approximate surface area is 101 Å². The van der Waals surface area contributed by atoms with Gasteiger partial charge in [0.15, 0.2) is 0 Å². The molecule has 0 aromatic heterocycles. The molecular weight excluding hydrogens is 199 g/mol. The summed E-state index contributed by atoms with van der Waals surface area (Å²) in [4.78, 5) is 0. The summed E-state index contributed by atoms with van der Waals surface area (Å²) in [6.45, 7) is 17.9. The second-order valence-electron chi connectivity index (χ2n) is 4.58. The topological polar surface area (TPSA) is 18.5 Å². The predicted octanol–water partition coefficient (Wildman–Crippen LogP) is 3.78. The molecule has 2 nitrogen and oxygen atoms in total. The van der Waals surface area contributed by atoms with Gasteiger partial charge in [0, 0.05) is 0 Å². The lowest BCUT2D eigenvalue weighted by Crippen LogP contribution is -2.41. The van der Waals surface area contributed by atoms with Crippen molar-refractivity contribution in [3.05, 3.63) is 24.2 Å². The van der Waals surface area contributed by atoms with E-state index in [9.17, 15) is 0 Å². The Morgan fingerprint density at radius 1 is 1.06 bits per heavy atom. The maximum absolute atomic E-state index is 5.85. The van der Waals surface area contributed by atoms with E-state index >= 15 is 0 Å². The zero-order chi connectivity index (χ0) is 13.0. The highest BCUT2D eigenvalue weighted by molar-refractivity contribution is 6.55. The van der Waals surface area contributed by atoms with E-state index in [1.54, 1.807) is 6.08 Å². The van der Waals surface area contributed by atoms with Crippen LogP contribution in [0.3, 0.4) is 0 Å². The summed E-state index contributed by atoms with van der Waals surface area (Å²) in [7, 11) is -0.275. The van der Waals surface area contributed by atoms with Crippen molar-refractivity contribution in [2.24, 2.45) is 0 Å². The second-order valence-corrected chi connectivity index (χ2v) is 4.58. The smallest absolute Gasteiger partial charge is 0.399 e. The van der Waals surface area contributed by atoms with Crippen molar-refractivity contribution >= 4 is 7.12 Å². The molecule has 0 bridgehead atoms. The summed E-state index contributed by atoms with van der Waals surface area (Å²) in [6.07, 6.45) is 3.75. The fourth-order valence-electron chi connectivity index (χ4n) is 1.33. The van der Waals surface area contributed by atoms with Crippen LogP contribution in [-0.4, -0.2) is 18.3 Å². The largest absolute Gasteiger partial charge is 0.494 e. The lowest BCUT2D eigenvalue weighted by Gasteiger charge is -2.32. The molecule has 0 N–H and O–H groups in total. The lowest BCUT2D eigenvalue weighted by atomic mass is 9.78. The minimum absolute atomic E-state index is 0.269. The van der Waals surface area contributed by atoms with Crippen molar-refractivity contribution in [1.29, 1.82) is 0 Å². The first kappa shape index (κ1) is 15.5. The van der Waals surface area contributed by atoms with Gasteiger partial charge in [0.05, 0.1) is 11.2 Å². The molecule has 92 valence electrons. The molecule has 0 aliphatic carbocycles. The summed E-state index contributed by atoms with van der Waals surface area (Å²) in [6, 6.07) is 0. The minimum Gasteiger partial charge on any atom is -0.399 e. The maximum Gasteiger partial charge on any atom is 0.494 e. The number of hydrogen-bond donors (Lipinski definition) is 0. The molecular formula is C13H25BO2. The van der Waals surface area contributed by atoms with Crippen LogP contribution in [0.25, 0.3) is 0 Å². The van der Waals surface area contributed by atoms with Gasteiger partial charge in [-0.1, -0.05) is 32.6 Å². The van der Waals surface area contributed by atoms with Gasteiger partial charge in [0.25, 0.3) is 0 Å². The van der Waals surface area contributed by atoms with Crippen LogP contribution in [0, 0.1) is 0 Å². The zero-order valence-electron chi connectivity index (χ0n) is 11.8. The van der Waals surface area contributed by atoms with Crippen LogP contribution < -0.4 is 0 Å². The van der Waals surface area contributed by atoms with Crippen molar-refractivity contribution in [1.82, 2.24) is 0 Å². The van der Waals surface area contributed by atoms with Gasteiger partial charge in [-0.2, -0.15) is 0 Å². The van der Waals surface area contributed by atoms with Crippen LogP contribution in [0.5, 0.6) is 0 Å². The molecule has 0 saturated carbocycles. The number of hydrogen-bond acceptors (Lipinski definition) is 2. The van der Waals surface area contributed by atoms with Gasteiger partial charge in [-0.3, -0.25) is 0 Å². The lowest BCUT2D eigenvalue weighted by molar-refractivity contribution is 0.00578. The third-order valence-corrected chi connectivity index (χ3v) is 3.09. The van der Waals surface area contributed by atoms with Crippen molar-refractivity contribution in [3.8, 4) is 0 Å². The Balaban J connectivity index is 0.00000106. The van der Waals surface area contributed by atoms with Crippen LogP contribution in [0.15, 0.2) is 24.2 Å². The fraction of sp³-hybridized carbons (Fsp3) is 0.692. The highest BCUT2D eigenvalue weighted by Gasteiger charge is 2.51. The van der Waals surface area contributed by atoms with Gasteiger partial charge in [-0.15, -0.1) is 0 Å². The molecule has 0 amide bonds. The molecule has 0 radical (unpaired) electrons. The molecule has 1 fully saturated rings. The summed E-state index contributed by atoms with van der Waals surface area (Å²) < 4.78 is 11.7. The molecule has 1 rings (SSSR count). The Hall–Kier alpha value is -0.535. The molecule has 16 heavy (non-hydrogen) atoms. The van der Waals surface area contributed by atoms with E-state index in [0.29, 0.717) is 0 Å². The van der Waals surface area contributed by atoms with Crippen LogP contribution in [-0.2, 0) is 9.31 Å². The van der Waals surface area contributed by atoms with Gasteiger partial charge < -0.3 is 9.31 Å². The van der Waals surface area contributed by atoms with Crippen LogP contribution in [0.2, 0.25) is 0 Å². The molecule has 3 heteroatoms. The minimum atomic E-state index is -0.275. The second kappa shape index (κ2) is 5.69. The number of allylic oxidation sites excluding steroid dienone is 3. The standard InChI is InChI=1S/C11H19BO2.C2H6/c1-7-9(8-2)12-13-10(3,4)11(5,6)14-12;1-2/h7-8H,1H2,2-6H3;1-2H3/b9-8+;. The summed E-state index contributed by atoms with van der Waals surface area (Å²) in [5.74, 6) is 0. The Morgan fingerprint density at radius 2 is 1.44 bits per heavy atom. The molecule has 0 atom stereocenters. The third kappa shape index (κ3) is 2.99. The van der Waals surface area contributed by atoms with Crippen molar-refractivity contribution < 1.29 is 9.31 Å². The molecule has 0 aromatic rings. The summed E-state index contributed by atoms with van der Waals surface area (Å²) in [5, 5.41) is 0. The van der Waals surface area contributed by atoms with Gasteiger partial charge in [0.2, 0.25) is 0 Å². The van der Waals surface area contributed by atoms with E-state index in [0.717, 1.165) is 5.47 Å². The average Bonchev–Trinajstić information content (AvgIpc) is 2.41. The highest BCUT2D eigenvalue weighted by atomic mass is 16.7. The first-order valence-electron chi connectivity index (χ1n) is 5.98. The third-order valence-electron chi connectivity index (χ3n) is 3.09. The van der Waals surface area contributed by atoms with E-state index in [1.807, 2.05) is 54.5 Å². The predicted molar refractivity (Wildman–Crippen MR) is 71.4 cm³/mol. The molecule has 1 aliphatic heterocycles. The van der Waals surface area contributed by atoms with Crippen LogP contribution >= 0.6 is 0 Å². The van der Waals surface area contributed by atoms with Gasteiger partial charge in [-0.25, -0.2) is 0 Å². The average molecular weight is 224 g/mol. The van der Waals surface area contributed by atoms with E-state index in [2.05, 4.69) is 6.58 Å². The summed E-state index contributed by atoms with van der Waals surface area (Å²) >= 11 is 0. The van der Waals surface area contributed by atoms with E-state index in [4.69, 9.17) is 9.31 Å². The Bertz CT molecular complexity index is 251. The monoisotopic (exact) mass is 224 g/mol. The molecule has 1 aliphatic rings. The molecule has 1 heterocycles. The van der Waals surface area contributed by atoms with Gasteiger partial charge in [0.1, 0.15) is 0 Å².